The van der Waals surface area contributed by atoms with E-state index in [9.17, 15) is 9.90 Å². The van der Waals surface area contributed by atoms with Gasteiger partial charge in [0.2, 0.25) is 0 Å². The van der Waals surface area contributed by atoms with E-state index in [1.54, 1.807) is 6.08 Å². The second kappa shape index (κ2) is 14.8. The molecule has 0 heterocycles. The Morgan fingerprint density at radius 1 is 0.565 bits per heavy atom. The van der Waals surface area contributed by atoms with E-state index in [4.69, 9.17) is 0 Å². The zero-order valence-electron chi connectivity index (χ0n) is 15.2. The molecule has 23 heavy (non-hydrogen) atoms. The minimum Gasteiger partial charge on any atom is -0.505 e. The zero-order chi connectivity index (χ0) is 16.6. The van der Waals surface area contributed by atoms with Gasteiger partial charge in [-0.2, -0.15) is 0 Å². The molecule has 2 heteroatoms. The molecule has 0 saturated carbocycles. The lowest BCUT2D eigenvalue weighted by Gasteiger charge is -2.03. The Kier molecular flexibility index (Phi) is 13.0. The quantitative estimate of drug-likeness (QED) is 0.519. The molecule has 0 atom stereocenters. The van der Waals surface area contributed by atoms with Gasteiger partial charge in [-0.15, -0.1) is 0 Å². The number of carbonyl (C=O) groups is 1. The summed E-state index contributed by atoms with van der Waals surface area (Å²) >= 11 is 0. The van der Waals surface area contributed by atoms with Crippen LogP contribution in [0.1, 0.15) is 116 Å². The van der Waals surface area contributed by atoms with Gasteiger partial charge >= 0.3 is 0 Å². The first-order chi connectivity index (χ1) is 11.3. The summed E-state index contributed by atoms with van der Waals surface area (Å²) in [6.07, 6.45) is 23.8. The highest BCUT2D eigenvalue weighted by molar-refractivity contribution is 5.92. The van der Waals surface area contributed by atoms with Crippen LogP contribution >= 0.6 is 0 Å². The van der Waals surface area contributed by atoms with Crippen LogP contribution in [0.15, 0.2) is 11.8 Å². The van der Waals surface area contributed by atoms with Crippen LogP contribution in [0, 0.1) is 0 Å². The van der Waals surface area contributed by atoms with Crippen molar-refractivity contribution in [3.8, 4) is 0 Å². The van der Waals surface area contributed by atoms with Crippen molar-refractivity contribution in [2.75, 3.05) is 0 Å². The summed E-state index contributed by atoms with van der Waals surface area (Å²) < 4.78 is 0. The molecule has 0 aliphatic heterocycles. The molecule has 0 spiro atoms. The zero-order valence-corrected chi connectivity index (χ0v) is 15.2. The number of aliphatic hydroxyl groups excluding tert-OH is 1. The third-order valence-electron chi connectivity index (χ3n) is 4.98. The van der Waals surface area contributed by atoms with E-state index < -0.39 is 0 Å². The second-order valence-corrected chi connectivity index (χ2v) is 7.21. The average molecular weight is 323 g/mol. The van der Waals surface area contributed by atoms with Crippen molar-refractivity contribution in [2.45, 2.75) is 116 Å². The van der Waals surface area contributed by atoms with Gasteiger partial charge in [0.05, 0.1) is 0 Å². The van der Waals surface area contributed by atoms with Crippen LogP contribution in [0.4, 0.5) is 0 Å². The molecule has 134 valence electrons. The number of hydrogen-bond acceptors (Lipinski definition) is 2. The first-order valence-electron chi connectivity index (χ1n) is 10.2. The predicted molar refractivity (Wildman–Crippen MR) is 98.8 cm³/mol. The standard InChI is InChI=1S/C21H38O2/c22-20-18-16-14-12-10-8-6-4-2-1-3-5-7-9-11-13-15-17-19-21(20)23/h18,22H,1-17,19H2. The van der Waals surface area contributed by atoms with Crippen LogP contribution in [0.3, 0.4) is 0 Å². The SMILES string of the molecule is O=C1CCCCCCCCCCCCCCCCCCC=C1O. The van der Waals surface area contributed by atoms with Crippen LogP contribution < -0.4 is 0 Å². The summed E-state index contributed by atoms with van der Waals surface area (Å²) in [5.41, 5.74) is 0. The molecule has 0 bridgehead atoms. The fraction of sp³-hybridized carbons (Fsp3) is 0.857. The molecule has 0 unspecified atom stereocenters. The molecule has 1 aliphatic rings. The molecule has 1 rings (SSSR count). The van der Waals surface area contributed by atoms with Crippen LogP contribution in [0.2, 0.25) is 0 Å². The van der Waals surface area contributed by atoms with E-state index in [0.29, 0.717) is 6.42 Å². The van der Waals surface area contributed by atoms with E-state index >= 15 is 0 Å². The van der Waals surface area contributed by atoms with Crippen molar-refractivity contribution >= 4 is 5.78 Å². The maximum atomic E-state index is 11.8. The maximum absolute atomic E-state index is 11.8. The summed E-state index contributed by atoms with van der Waals surface area (Å²) in [5.74, 6) is -0.0493. The van der Waals surface area contributed by atoms with Gasteiger partial charge in [-0.1, -0.05) is 89.9 Å². The molecule has 0 fully saturated rings. The van der Waals surface area contributed by atoms with E-state index in [1.807, 2.05) is 0 Å². The summed E-state index contributed by atoms with van der Waals surface area (Å²) in [6, 6.07) is 0. The van der Waals surface area contributed by atoms with Gasteiger partial charge in [0.1, 0.15) is 0 Å². The summed E-state index contributed by atoms with van der Waals surface area (Å²) in [7, 11) is 0. The molecule has 0 aromatic carbocycles. The van der Waals surface area contributed by atoms with E-state index in [2.05, 4.69) is 0 Å². The number of hydrogen-bond donors (Lipinski definition) is 1. The van der Waals surface area contributed by atoms with Crippen LogP contribution in [-0.4, -0.2) is 10.9 Å². The number of carbonyl (C=O) groups excluding carboxylic acids is 1. The molecule has 1 N–H and O–H groups in total. The number of aliphatic hydroxyl groups is 1. The normalized spacial score (nSPS) is 22.8. The fourth-order valence-electron chi connectivity index (χ4n) is 3.39. The highest BCUT2D eigenvalue weighted by Crippen LogP contribution is 2.15. The lowest BCUT2D eigenvalue weighted by Crippen LogP contribution is -2.01. The smallest absolute Gasteiger partial charge is 0.196 e. The molecule has 0 aromatic rings. The molecule has 1 aliphatic carbocycles. The van der Waals surface area contributed by atoms with Crippen molar-refractivity contribution in [1.82, 2.24) is 0 Å². The highest BCUT2D eigenvalue weighted by atomic mass is 16.3. The van der Waals surface area contributed by atoms with Crippen molar-refractivity contribution in [3.05, 3.63) is 11.8 Å². The van der Waals surface area contributed by atoms with Gasteiger partial charge in [0, 0.05) is 6.42 Å². The van der Waals surface area contributed by atoms with Crippen LogP contribution in [-0.2, 0) is 4.79 Å². The van der Waals surface area contributed by atoms with Gasteiger partial charge < -0.3 is 5.11 Å². The van der Waals surface area contributed by atoms with Gasteiger partial charge in [0.15, 0.2) is 11.5 Å². The molecule has 0 amide bonds. The van der Waals surface area contributed by atoms with Crippen molar-refractivity contribution in [2.24, 2.45) is 0 Å². The first-order valence-corrected chi connectivity index (χ1v) is 10.2. The molecule has 0 radical (unpaired) electrons. The Balaban J connectivity index is 2.24. The van der Waals surface area contributed by atoms with Crippen LogP contribution in [0.25, 0.3) is 0 Å². The topological polar surface area (TPSA) is 37.3 Å². The third-order valence-corrected chi connectivity index (χ3v) is 4.98. The van der Waals surface area contributed by atoms with Gasteiger partial charge in [-0.3, -0.25) is 4.79 Å². The number of ketones is 1. The molecule has 0 saturated heterocycles. The minimum atomic E-state index is -0.0594. The molecule has 0 aromatic heterocycles. The summed E-state index contributed by atoms with van der Waals surface area (Å²) in [4.78, 5) is 11.8. The van der Waals surface area contributed by atoms with Crippen molar-refractivity contribution in [3.63, 3.8) is 0 Å². The maximum Gasteiger partial charge on any atom is 0.196 e. The average Bonchev–Trinajstić information content (AvgIpc) is 2.55. The minimum absolute atomic E-state index is 0.0101. The fourth-order valence-corrected chi connectivity index (χ4v) is 3.39. The van der Waals surface area contributed by atoms with Crippen molar-refractivity contribution < 1.29 is 9.90 Å². The molecule has 2 nitrogen and oxygen atoms in total. The van der Waals surface area contributed by atoms with Crippen molar-refractivity contribution in [1.29, 1.82) is 0 Å². The highest BCUT2D eigenvalue weighted by Gasteiger charge is 2.06. The van der Waals surface area contributed by atoms with Crippen LogP contribution in [0.5, 0.6) is 0 Å². The second-order valence-electron chi connectivity index (χ2n) is 7.21. The summed E-state index contributed by atoms with van der Waals surface area (Å²) in [5, 5.41) is 9.78. The molecular formula is C21H38O2. The van der Waals surface area contributed by atoms with E-state index in [1.165, 1.54) is 83.5 Å². The Morgan fingerprint density at radius 3 is 1.35 bits per heavy atom. The Hall–Kier alpha value is -0.790. The lowest BCUT2D eigenvalue weighted by atomic mass is 10.0. The third kappa shape index (κ3) is 12.3. The number of rotatable bonds is 0. The largest absolute Gasteiger partial charge is 0.505 e. The Labute approximate surface area is 143 Å². The van der Waals surface area contributed by atoms with Gasteiger partial charge in [-0.05, 0) is 25.3 Å². The number of allylic oxidation sites excluding steroid dienone is 2. The number of Topliss-reactive ketones (excluding diaryl/α,β-unsaturated/α-hetero) is 1. The monoisotopic (exact) mass is 322 g/mol. The van der Waals surface area contributed by atoms with E-state index in [0.717, 1.165) is 25.7 Å². The van der Waals surface area contributed by atoms with Gasteiger partial charge in [0.25, 0.3) is 0 Å². The summed E-state index contributed by atoms with van der Waals surface area (Å²) in [6.45, 7) is 0. The Bertz CT molecular complexity index is 320. The Morgan fingerprint density at radius 2 is 0.913 bits per heavy atom. The van der Waals surface area contributed by atoms with E-state index in [-0.39, 0.29) is 11.5 Å². The van der Waals surface area contributed by atoms with Gasteiger partial charge in [-0.25, -0.2) is 0 Å². The molecular weight excluding hydrogens is 284 g/mol. The first kappa shape index (κ1) is 20.3. The lowest BCUT2D eigenvalue weighted by molar-refractivity contribution is -0.118. The predicted octanol–water partition coefficient (Wildman–Crippen LogP) is 7.03.